The molecular weight excluding hydrogens is 242 g/mol. The lowest BCUT2D eigenvalue weighted by Gasteiger charge is -2.05. The average molecular weight is 256 g/mol. The minimum absolute atomic E-state index is 0.0367. The second kappa shape index (κ2) is 5.52. The number of carbonyl (C=O) groups is 2. The van der Waals surface area contributed by atoms with Crippen molar-refractivity contribution in [1.29, 1.82) is 0 Å². The Bertz CT molecular complexity index is 613. The number of Topliss-reactive ketones (excluding diaryl/α,β-unsaturated/α-hetero) is 1. The summed E-state index contributed by atoms with van der Waals surface area (Å²) in [7, 11) is 0. The van der Waals surface area contributed by atoms with Crippen LogP contribution >= 0.6 is 0 Å². The number of aryl methyl sites for hydroxylation is 1. The number of hydrogen-bond donors (Lipinski definition) is 1. The van der Waals surface area contributed by atoms with Gasteiger partial charge in [0.15, 0.2) is 5.76 Å². The lowest BCUT2D eigenvalue weighted by molar-refractivity contribution is -0.113. The Labute approximate surface area is 111 Å². The highest BCUT2D eigenvalue weighted by Gasteiger charge is 2.12. The Morgan fingerprint density at radius 3 is 2.68 bits per heavy atom. The number of furan rings is 1. The summed E-state index contributed by atoms with van der Waals surface area (Å²) in [5, 5.41) is 2.73. The third kappa shape index (κ3) is 3.31. The summed E-state index contributed by atoms with van der Waals surface area (Å²) in [6.45, 7) is 3.29. The van der Waals surface area contributed by atoms with Gasteiger partial charge in [0.2, 0.25) is 0 Å². The van der Waals surface area contributed by atoms with Gasteiger partial charge in [-0.05, 0) is 37.6 Å². The van der Waals surface area contributed by atoms with Gasteiger partial charge in [-0.3, -0.25) is 9.59 Å². The van der Waals surface area contributed by atoms with Crippen LogP contribution in [0, 0.1) is 13.3 Å². The number of benzene rings is 1. The van der Waals surface area contributed by atoms with E-state index >= 15 is 0 Å². The first-order valence-electron chi connectivity index (χ1n) is 5.87. The van der Waals surface area contributed by atoms with Crippen molar-refractivity contribution < 1.29 is 14.0 Å². The first-order valence-corrected chi connectivity index (χ1v) is 5.87. The molecule has 0 saturated heterocycles. The van der Waals surface area contributed by atoms with E-state index in [-0.39, 0.29) is 11.7 Å². The molecule has 1 radical (unpaired) electrons. The van der Waals surface area contributed by atoms with Crippen LogP contribution in [0.1, 0.15) is 28.6 Å². The number of rotatable bonds is 4. The molecule has 0 unspecified atom stereocenters. The van der Waals surface area contributed by atoms with E-state index in [1.165, 1.54) is 19.6 Å². The van der Waals surface area contributed by atoms with Gasteiger partial charge >= 0.3 is 0 Å². The summed E-state index contributed by atoms with van der Waals surface area (Å²) in [4.78, 5) is 23.0. The summed E-state index contributed by atoms with van der Waals surface area (Å²) < 4.78 is 5.12. The lowest BCUT2D eigenvalue weighted by atomic mass is 10.1. The molecular formula is C15H14NO3. The molecule has 0 saturated carbocycles. The summed E-state index contributed by atoms with van der Waals surface area (Å²) >= 11 is 0. The Hall–Kier alpha value is -2.36. The van der Waals surface area contributed by atoms with Crippen LogP contribution in [0.3, 0.4) is 0 Å². The maximum absolute atomic E-state index is 11.9. The summed E-state index contributed by atoms with van der Waals surface area (Å²) in [5.41, 5.74) is 2.15. The normalized spacial score (nSPS) is 10.2. The van der Waals surface area contributed by atoms with Crippen molar-refractivity contribution in [3.8, 4) is 0 Å². The molecule has 0 spiro atoms. The van der Waals surface area contributed by atoms with Gasteiger partial charge in [0.05, 0.1) is 12.7 Å². The second-order valence-electron chi connectivity index (χ2n) is 4.27. The van der Waals surface area contributed by atoms with Gasteiger partial charge in [-0.1, -0.05) is 12.1 Å². The molecule has 2 aromatic rings. The predicted molar refractivity (Wildman–Crippen MR) is 71.9 cm³/mol. The van der Waals surface area contributed by atoms with E-state index in [4.69, 9.17) is 4.42 Å². The molecule has 2 rings (SSSR count). The largest absolute Gasteiger partial charge is 0.459 e. The van der Waals surface area contributed by atoms with Crippen molar-refractivity contribution in [2.75, 3.05) is 5.32 Å². The lowest BCUT2D eigenvalue weighted by Crippen LogP contribution is -2.12. The van der Waals surface area contributed by atoms with E-state index < -0.39 is 0 Å². The molecule has 0 aliphatic heterocycles. The minimum Gasteiger partial charge on any atom is -0.459 e. The van der Waals surface area contributed by atoms with Gasteiger partial charge in [-0.15, -0.1) is 0 Å². The highest BCUT2D eigenvalue weighted by Crippen LogP contribution is 2.15. The number of nitrogens with one attached hydrogen (secondary N) is 1. The fraction of sp³-hybridized carbons (Fsp3) is 0.133. The molecule has 0 fully saturated rings. The van der Waals surface area contributed by atoms with Crippen LogP contribution in [-0.4, -0.2) is 11.7 Å². The van der Waals surface area contributed by atoms with Crippen LogP contribution in [0.25, 0.3) is 0 Å². The van der Waals surface area contributed by atoms with Crippen molar-refractivity contribution in [1.82, 2.24) is 0 Å². The average Bonchev–Trinajstić information content (AvgIpc) is 2.75. The van der Waals surface area contributed by atoms with Crippen LogP contribution in [0.4, 0.5) is 5.69 Å². The molecule has 1 aromatic carbocycles. The molecule has 4 nitrogen and oxygen atoms in total. The highest BCUT2D eigenvalue weighted by molar-refractivity contribution is 6.03. The van der Waals surface area contributed by atoms with Gasteiger partial charge < -0.3 is 9.73 Å². The van der Waals surface area contributed by atoms with E-state index in [0.29, 0.717) is 11.4 Å². The third-order valence-electron chi connectivity index (χ3n) is 2.58. The Morgan fingerprint density at radius 1 is 1.26 bits per heavy atom. The van der Waals surface area contributed by atoms with E-state index in [1.807, 2.05) is 0 Å². The van der Waals surface area contributed by atoms with Crippen LogP contribution < -0.4 is 5.32 Å². The van der Waals surface area contributed by atoms with E-state index in [0.717, 1.165) is 11.1 Å². The molecule has 0 atom stereocenters. The summed E-state index contributed by atoms with van der Waals surface area (Å²) in [5.74, 6) is -0.0474. The number of hydrogen-bond acceptors (Lipinski definition) is 3. The van der Waals surface area contributed by atoms with Gasteiger partial charge in [-0.2, -0.15) is 0 Å². The fourth-order valence-electron chi connectivity index (χ4n) is 1.73. The first kappa shape index (κ1) is 13.1. The van der Waals surface area contributed by atoms with Crippen molar-refractivity contribution >= 4 is 17.4 Å². The van der Waals surface area contributed by atoms with E-state index in [1.54, 1.807) is 37.3 Å². The van der Waals surface area contributed by atoms with Crippen molar-refractivity contribution in [3.05, 3.63) is 59.9 Å². The minimum atomic E-state index is -0.303. The molecule has 1 aromatic heterocycles. The van der Waals surface area contributed by atoms with Gasteiger partial charge in [-0.25, -0.2) is 0 Å². The van der Waals surface area contributed by atoms with Gasteiger partial charge in [0.25, 0.3) is 5.91 Å². The fourth-order valence-corrected chi connectivity index (χ4v) is 1.73. The summed E-state index contributed by atoms with van der Waals surface area (Å²) in [6, 6.07) is 8.80. The molecule has 0 bridgehead atoms. The Morgan fingerprint density at radius 2 is 2.05 bits per heavy atom. The van der Waals surface area contributed by atoms with Crippen LogP contribution in [0.15, 0.2) is 41.0 Å². The molecule has 1 heterocycles. The first-order chi connectivity index (χ1) is 9.06. The van der Waals surface area contributed by atoms with Crippen LogP contribution in [0.5, 0.6) is 0 Å². The maximum Gasteiger partial charge on any atom is 0.291 e. The highest BCUT2D eigenvalue weighted by atomic mass is 16.3. The van der Waals surface area contributed by atoms with Crippen LogP contribution in [-0.2, 0) is 4.79 Å². The molecule has 1 N–H and O–H groups in total. The van der Waals surface area contributed by atoms with E-state index in [9.17, 15) is 9.59 Å². The standard InChI is InChI=1S/C15H14NO3/c1-10-6-7-19-14(10)15(18)16-13-5-3-4-12(9-13)8-11(2)17/h3-9H,1-2H3,(H,16,18). The summed E-state index contributed by atoms with van der Waals surface area (Å²) in [6.07, 6.45) is 2.98. The van der Waals surface area contributed by atoms with Crippen LogP contribution in [0.2, 0.25) is 0 Å². The zero-order valence-electron chi connectivity index (χ0n) is 10.8. The second-order valence-corrected chi connectivity index (χ2v) is 4.27. The smallest absolute Gasteiger partial charge is 0.291 e. The Balaban J connectivity index is 2.13. The zero-order chi connectivity index (χ0) is 13.8. The molecule has 1 amide bonds. The zero-order valence-corrected chi connectivity index (χ0v) is 10.8. The topological polar surface area (TPSA) is 59.3 Å². The monoisotopic (exact) mass is 256 g/mol. The molecule has 0 aliphatic carbocycles. The Kier molecular flexibility index (Phi) is 3.80. The predicted octanol–water partition coefficient (Wildman–Crippen LogP) is 2.98. The van der Waals surface area contributed by atoms with Gasteiger partial charge in [0, 0.05) is 11.3 Å². The maximum atomic E-state index is 11.9. The third-order valence-corrected chi connectivity index (χ3v) is 2.58. The number of anilines is 1. The molecule has 0 aliphatic rings. The quantitative estimate of drug-likeness (QED) is 0.914. The molecule has 97 valence electrons. The number of carbonyl (C=O) groups excluding carboxylic acids is 2. The van der Waals surface area contributed by atoms with E-state index in [2.05, 4.69) is 5.32 Å². The van der Waals surface area contributed by atoms with Crippen molar-refractivity contribution in [2.45, 2.75) is 13.8 Å². The molecule has 4 heteroatoms. The van der Waals surface area contributed by atoms with Crippen molar-refractivity contribution in [3.63, 3.8) is 0 Å². The number of ketones is 1. The SMILES string of the molecule is CC(=O)[CH]c1cccc(NC(=O)c2occc2C)c1. The molecule has 19 heavy (non-hydrogen) atoms. The van der Waals surface area contributed by atoms with Crippen molar-refractivity contribution in [2.24, 2.45) is 0 Å². The number of amides is 1. The van der Waals surface area contributed by atoms with Gasteiger partial charge in [0.1, 0.15) is 5.78 Å².